The van der Waals surface area contributed by atoms with Gasteiger partial charge in [-0.3, -0.25) is 37.1 Å². The minimum Gasteiger partial charge on any atom is -0.322 e. The van der Waals surface area contributed by atoms with Crippen LogP contribution in [-0.4, -0.2) is 87.8 Å². The van der Waals surface area contributed by atoms with E-state index in [0.717, 1.165) is 66.7 Å². The Morgan fingerprint density at radius 2 is 0.725 bits per heavy atom. The molecule has 0 aliphatic heterocycles. The smallest absolute Gasteiger partial charge is 0.295 e. The molecule has 30 heteroatoms. The van der Waals surface area contributed by atoms with Crippen molar-refractivity contribution in [2.75, 3.05) is 16.0 Å². The van der Waals surface area contributed by atoms with Crippen LogP contribution in [0.1, 0.15) is 31.1 Å². The topological polar surface area (TPSA) is 398 Å². The normalized spacial score (nSPS) is 12.6. The minimum atomic E-state index is -5.16. The molecule has 0 saturated carbocycles. The quantitative estimate of drug-likeness (QED) is 0.0278. The fourth-order valence-corrected chi connectivity index (χ4v) is 10.7. The minimum absolute atomic E-state index is 0.0459. The van der Waals surface area contributed by atoms with Gasteiger partial charge in [0.1, 0.15) is 14.7 Å². The summed E-state index contributed by atoms with van der Waals surface area (Å²) < 4.78 is 174. The molecular formula is C39H27N3O21S6. The SMILES string of the molecule is O=C(Nc1ccc2cc(SOOO)cc(S(=O)(=O)O)c2c1)c1cc(C(=O)Nc2ccc3cc(S(=O)(=O)O)cc(S(=O)(=O)O)c3c2)cc(C(=O)Nc2ccc3cc(S(=O)(=O)O)cc(S(=O)(=O)O)c3c2)c1. The second-order valence-corrected chi connectivity index (χ2v) is 22.1. The molecule has 69 heavy (non-hydrogen) atoms. The number of anilines is 3. The van der Waals surface area contributed by atoms with Gasteiger partial charge in [-0.05, 0) is 107 Å². The first-order chi connectivity index (χ1) is 32.0. The van der Waals surface area contributed by atoms with Crippen LogP contribution in [0.15, 0.2) is 139 Å². The Morgan fingerprint density at radius 3 is 1.03 bits per heavy atom. The number of carbonyl (C=O) groups excluding carboxylic acids is 3. The summed E-state index contributed by atoms with van der Waals surface area (Å²) in [5.41, 5.74) is -1.79. The van der Waals surface area contributed by atoms with Crippen molar-refractivity contribution in [1.29, 1.82) is 0 Å². The van der Waals surface area contributed by atoms with E-state index in [1.165, 1.54) is 30.3 Å². The van der Waals surface area contributed by atoms with E-state index >= 15 is 0 Å². The maximum absolute atomic E-state index is 13.9. The summed E-state index contributed by atoms with van der Waals surface area (Å²) in [5.74, 6) is -3.19. The number of hydrogen-bond acceptors (Lipinski definition) is 17. The number of carbonyl (C=O) groups is 3. The Balaban J connectivity index is 1.29. The van der Waals surface area contributed by atoms with Crippen LogP contribution in [0.4, 0.5) is 17.1 Å². The highest BCUT2D eigenvalue weighted by atomic mass is 32.2. The molecule has 0 aliphatic carbocycles. The van der Waals surface area contributed by atoms with Crippen LogP contribution in [0.3, 0.4) is 0 Å². The number of amides is 3. The van der Waals surface area contributed by atoms with Crippen LogP contribution in [-0.2, 0) is 60.0 Å². The van der Waals surface area contributed by atoms with Gasteiger partial charge in [0.25, 0.3) is 68.3 Å². The van der Waals surface area contributed by atoms with Crippen LogP contribution in [0.5, 0.6) is 0 Å². The molecule has 0 atom stereocenters. The first kappa shape index (κ1) is 50.4. The zero-order valence-corrected chi connectivity index (χ0v) is 38.5. The van der Waals surface area contributed by atoms with Gasteiger partial charge in [0.15, 0.2) is 0 Å². The number of benzene rings is 7. The number of nitrogens with one attached hydrogen (secondary N) is 3. The predicted octanol–water partition coefficient (Wildman–Crippen LogP) is 5.56. The Bertz CT molecular complexity index is 3780. The van der Waals surface area contributed by atoms with E-state index in [-0.39, 0.29) is 54.3 Å². The third-order valence-corrected chi connectivity index (χ3v) is 14.7. The zero-order chi connectivity index (χ0) is 50.6. The number of rotatable bonds is 14. The second-order valence-electron chi connectivity index (χ2n) is 14.3. The second kappa shape index (κ2) is 18.4. The molecule has 24 nitrogen and oxygen atoms in total. The summed E-state index contributed by atoms with van der Waals surface area (Å²) in [6.07, 6.45) is 0. The van der Waals surface area contributed by atoms with Crippen molar-refractivity contribution in [3.8, 4) is 0 Å². The van der Waals surface area contributed by atoms with Crippen LogP contribution in [0.2, 0.25) is 0 Å². The lowest BCUT2D eigenvalue weighted by atomic mass is 10.0. The summed E-state index contributed by atoms with van der Waals surface area (Å²) in [5, 5.41) is 18.5. The molecule has 0 saturated heterocycles. The van der Waals surface area contributed by atoms with E-state index in [2.05, 4.69) is 25.3 Å². The van der Waals surface area contributed by atoms with Crippen molar-refractivity contribution in [2.45, 2.75) is 29.4 Å². The van der Waals surface area contributed by atoms with E-state index in [1.807, 2.05) is 0 Å². The van der Waals surface area contributed by atoms with E-state index in [4.69, 9.17) is 5.26 Å². The van der Waals surface area contributed by atoms with Crippen molar-refractivity contribution in [1.82, 2.24) is 0 Å². The van der Waals surface area contributed by atoms with Gasteiger partial charge in [-0.15, -0.1) is 4.33 Å². The lowest BCUT2D eigenvalue weighted by Gasteiger charge is -2.14. The highest BCUT2D eigenvalue weighted by Gasteiger charge is 2.25. The Labute approximate surface area is 392 Å². The highest BCUT2D eigenvalue weighted by molar-refractivity contribution is 7.94. The van der Waals surface area contributed by atoms with Crippen molar-refractivity contribution in [3.05, 3.63) is 126 Å². The van der Waals surface area contributed by atoms with Gasteiger partial charge in [0.2, 0.25) is 0 Å². The molecule has 7 aromatic rings. The lowest BCUT2D eigenvalue weighted by molar-refractivity contribution is -0.432. The first-order valence-electron chi connectivity index (χ1n) is 18.3. The van der Waals surface area contributed by atoms with E-state index in [1.54, 1.807) is 0 Å². The molecular weight excluding hydrogens is 1040 g/mol. The zero-order valence-electron chi connectivity index (χ0n) is 33.6. The van der Waals surface area contributed by atoms with Gasteiger partial charge in [0, 0.05) is 54.8 Å². The molecule has 0 radical (unpaired) electrons. The molecule has 3 amide bonds. The van der Waals surface area contributed by atoms with Gasteiger partial charge in [-0.2, -0.15) is 42.1 Å². The molecule has 0 heterocycles. The van der Waals surface area contributed by atoms with Crippen LogP contribution in [0.25, 0.3) is 32.3 Å². The average Bonchev–Trinajstić information content (AvgIpc) is 3.25. The Hall–Kier alpha value is -6.49. The van der Waals surface area contributed by atoms with Crippen LogP contribution < -0.4 is 16.0 Å². The van der Waals surface area contributed by atoms with E-state index in [9.17, 15) is 79.2 Å². The van der Waals surface area contributed by atoms with Crippen LogP contribution in [0, 0.1) is 0 Å². The molecule has 0 unspecified atom stereocenters. The fourth-order valence-electron chi connectivity index (χ4n) is 6.80. The average molecular weight is 1070 g/mol. The van der Waals surface area contributed by atoms with Gasteiger partial charge < -0.3 is 16.0 Å². The standard InChI is InChI=1S/C39H27N3O21S6/c43-37(40-25-4-1-19-10-28(64-63-62-46)16-34(31(19)13-25)67(53,54)55)22-7-23(38(44)41-26-5-2-20-11-29(65(47,48)49)17-35(32(20)14-26)68(56,57)58)9-24(8-22)39(45)42-27-6-3-21-12-30(66(50,51)52)18-36(33(21)15-27)69(59,60)61/h1-18,46H,(H,40,43)(H,41,44)(H,42,45)(H,47,48,49)(H,50,51,52)(H,53,54,55)(H,56,57,58)(H,59,60,61). The summed E-state index contributed by atoms with van der Waals surface area (Å²) >= 11 is 0.384. The molecule has 360 valence electrons. The summed E-state index contributed by atoms with van der Waals surface area (Å²) in [6, 6.07) is 18.4. The molecule has 0 spiro atoms. The molecule has 0 fully saturated rings. The predicted molar refractivity (Wildman–Crippen MR) is 242 cm³/mol. The third-order valence-electron chi connectivity index (χ3n) is 9.75. The molecule has 9 N–H and O–H groups in total. The number of fused-ring (bicyclic) bond motifs is 3. The first-order valence-corrected chi connectivity index (χ1v) is 26.3. The summed E-state index contributed by atoms with van der Waals surface area (Å²) in [7, 11) is -25.2. The molecule has 0 aliphatic rings. The van der Waals surface area contributed by atoms with Gasteiger partial charge in [0.05, 0.1) is 21.8 Å². The largest absolute Gasteiger partial charge is 0.322 e. The van der Waals surface area contributed by atoms with Crippen molar-refractivity contribution >= 4 is 130 Å². The van der Waals surface area contributed by atoms with Crippen molar-refractivity contribution < 1.29 is 93.9 Å². The monoisotopic (exact) mass is 1060 g/mol. The maximum atomic E-state index is 13.9. The third kappa shape index (κ3) is 11.4. The Morgan fingerprint density at radius 1 is 0.406 bits per heavy atom. The van der Waals surface area contributed by atoms with Gasteiger partial charge >= 0.3 is 0 Å². The Kier molecular flexibility index (Phi) is 13.5. The molecule has 0 aromatic heterocycles. The van der Waals surface area contributed by atoms with E-state index < -0.39 is 109 Å². The molecule has 7 rings (SSSR count). The number of hydrogen-bond donors (Lipinski definition) is 9. The lowest BCUT2D eigenvalue weighted by Crippen LogP contribution is -2.19. The fraction of sp³-hybridized carbons (Fsp3) is 0. The molecule has 0 bridgehead atoms. The van der Waals surface area contributed by atoms with Gasteiger partial charge in [-0.25, -0.2) is 5.26 Å². The van der Waals surface area contributed by atoms with E-state index in [0.29, 0.717) is 24.2 Å². The highest BCUT2D eigenvalue weighted by Crippen LogP contribution is 2.34. The molecule has 7 aromatic carbocycles. The van der Waals surface area contributed by atoms with Gasteiger partial charge in [-0.1, -0.05) is 23.2 Å². The summed E-state index contributed by atoms with van der Waals surface area (Å²) in [4.78, 5) is 37.5. The maximum Gasteiger partial charge on any atom is 0.295 e. The van der Waals surface area contributed by atoms with Crippen LogP contribution >= 0.6 is 12.0 Å². The summed E-state index contributed by atoms with van der Waals surface area (Å²) in [6.45, 7) is 0. The van der Waals surface area contributed by atoms with Crippen molar-refractivity contribution in [2.24, 2.45) is 0 Å². The van der Waals surface area contributed by atoms with Crippen molar-refractivity contribution in [3.63, 3.8) is 0 Å².